The van der Waals surface area contributed by atoms with E-state index in [0.29, 0.717) is 12.0 Å². The van der Waals surface area contributed by atoms with Gasteiger partial charge in [-0.15, -0.1) is 12.4 Å². The minimum atomic E-state index is -0.764. The molecular formula is C20H33ClFNO. The predicted octanol–water partition coefficient (Wildman–Crippen LogP) is 4.83. The van der Waals surface area contributed by atoms with Gasteiger partial charge in [-0.3, -0.25) is 0 Å². The molecule has 0 heterocycles. The third-order valence-electron chi connectivity index (χ3n) is 5.18. The Kier molecular flexibility index (Phi) is 9.25. The van der Waals surface area contributed by atoms with Gasteiger partial charge < -0.3 is 10.0 Å². The van der Waals surface area contributed by atoms with Crippen molar-refractivity contribution in [1.29, 1.82) is 0 Å². The van der Waals surface area contributed by atoms with Gasteiger partial charge in [-0.25, -0.2) is 4.39 Å². The molecule has 1 N–H and O–H groups in total. The topological polar surface area (TPSA) is 23.5 Å². The zero-order valence-corrected chi connectivity index (χ0v) is 16.0. The van der Waals surface area contributed by atoms with Crippen molar-refractivity contribution in [1.82, 2.24) is 4.90 Å². The Morgan fingerprint density at radius 2 is 1.83 bits per heavy atom. The van der Waals surface area contributed by atoms with Gasteiger partial charge in [0.2, 0.25) is 0 Å². The summed E-state index contributed by atoms with van der Waals surface area (Å²) in [6.07, 6.45) is 6.78. The lowest BCUT2D eigenvalue weighted by Crippen LogP contribution is -2.48. The minimum Gasteiger partial charge on any atom is -0.389 e. The summed E-state index contributed by atoms with van der Waals surface area (Å²) < 4.78 is 14.0. The second-order valence-corrected chi connectivity index (χ2v) is 7.12. The number of nitrogens with zero attached hydrogens (tertiary/aromatic N) is 1. The summed E-state index contributed by atoms with van der Waals surface area (Å²) in [6, 6.07) is 6.89. The highest BCUT2D eigenvalue weighted by Gasteiger charge is 2.39. The number of benzene rings is 1. The zero-order chi connectivity index (χ0) is 16.7. The average molecular weight is 358 g/mol. The molecule has 0 aliphatic heterocycles. The van der Waals surface area contributed by atoms with Crippen LogP contribution in [0.4, 0.5) is 4.39 Å². The third kappa shape index (κ3) is 5.72. The molecule has 2 unspecified atom stereocenters. The van der Waals surface area contributed by atoms with Gasteiger partial charge in [0, 0.05) is 18.9 Å². The molecule has 2 atom stereocenters. The second kappa shape index (κ2) is 10.4. The van der Waals surface area contributed by atoms with Gasteiger partial charge in [-0.05, 0) is 50.4 Å². The number of halogens is 2. The van der Waals surface area contributed by atoms with Crippen LogP contribution in [0.15, 0.2) is 24.3 Å². The van der Waals surface area contributed by atoms with Crippen molar-refractivity contribution in [2.75, 3.05) is 19.6 Å². The van der Waals surface area contributed by atoms with Crippen LogP contribution in [0.2, 0.25) is 0 Å². The summed E-state index contributed by atoms with van der Waals surface area (Å²) >= 11 is 0. The summed E-state index contributed by atoms with van der Waals surface area (Å²) in [5.74, 6) is 0.0539. The van der Waals surface area contributed by atoms with Crippen LogP contribution >= 0.6 is 12.4 Å². The fraction of sp³-hybridized carbons (Fsp3) is 0.700. The van der Waals surface area contributed by atoms with Crippen molar-refractivity contribution in [2.24, 2.45) is 5.92 Å². The first kappa shape index (κ1) is 21.4. The van der Waals surface area contributed by atoms with Crippen molar-refractivity contribution >= 4 is 12.4 Å². The maximum atomic E-state index is 14.0. The van der Waals surface area contributed by atoms with Gasteiger partial charge in [0.1, 0.15) is 5.82 Å². The molecule has 1 aliphatic carbocycles. The van der Waals surface area contributed by atoms with Gasteiger partial charge in [-0.1, -0.05) is 44.9 Å². The lowest BCUT2D eigenvalue weighted by atomic mass is 9.72. The van der Waals surface area contributed by atoms with Crippen molar-refractivity contribution in [3.8, 4) is 0 Å². The SMILES string of the molecule is CCCN(CCC)CC1CCCCC1(O)Cc1ccccc1F.Cl. The van der Waals surface area contributed by atoms with E-state index in [9.17, 15) is 9.50 Å². The molecule has 1 aliphatic rings. The van der Waals surface area contributed by atoms with Gasteiger partial charge >= 0.3 is 0 Å². The molecule has 24 heavy (non-hydrogen) atoms. The Morgan fingerprint density at radius 1 is 1.17 bits per heavy atom. The van der Waals surface area contributed by atoms with E-state index >= 15 is 0 Å². The van der Waals surface area contributed by atoms with Gasteiger partial charge in [0.05, 0.1) is 5.60 Å². The molecule has 0 aromatic heterocycles. The van der Waals surface area contributed by atoms with Crippen LogP contribution in [0.25, 0.3) is 0 Å². The van der Waals surface area contributed by atoms with Crippen LogP contribution in [0, 0.1) is 11.7 Å². The first-order chi connectivity index (χ1) is 11.1. The normalized spacial score (nSPS) is 24.0. The Bertz CT molecular complexity index is 478. The lowest BCUT2D eigenvalue weighted by molar-refractivity contribution is -0.0596. The van der Waals surface area contributed by atoms with Crippen LogP contribution in [-0.2, 0) is 6.42 Å². The monoisotopic (exact) mass is 357 g/mol. The highest BCUT2D eigenvalue weighted by Crippen LogP contribution is 2.37. The Labute approximate surface area is 152 Å². The summed E-state index contributed by atoms with van der Waals surface area (Å²) in [5, 5.41) is 11.3. The quantitative estimate of drug-likeness (QED) is 0.720. The maximum Gasteiger partial charge on any atom is 0.126 e. The molecule has 0 spiro atoms. The average Bonchev–Trinajstić information content (AvgIpc) is 2.52. The van der Waals surface area contributed by atoms with E-state index in [4.69, 9.17) is 0 Å². The standard InChI is InChI=1S/C20H32FNO.ClH/c1-3-13-22(14-4-2)16-18-10-7-8-12-20(18,23)15-17-9-5-6-11-19(17)21;/h5-6,9,11,18,23H,3-4,7-8,10,12-16H2,1-2H3;1H. The highest BCUT2D eigenvalue weighted by atomic mass is 35.5. The molecule has 0 saturated heterocycles. The zero-order valence-electron chi connectivity index (χ0n) is 15.1. The van der Waals surface area contributed by atoms with Crippen LogP contribution in [0.1, 0.15) is 57.9 Å². The minimum absolute atomic E-state index is 0. The predicted molar refractivity (Wildman–Crippen MR) is 101 cm³/mol. The Hall–Kier alpha value is -0.640. The molecule has 2 nitrogen and oxygen atoms in total. The first-order valence-corrected chi connectivity index (χ1v) is 9.27. The van der Waals surface area contributed by atoms with Gasteiger partial charge in [0.25, 0.3) is 0 Å². The van der Waals surface area contributed by atoms with Crippen molar-refractivity contribution < 1.29 is 9.50 Å². The van der Waals surface area contributed by atoms with Crippen LogP contribution < -0.4 is 0 Å². The van der Waals surface area contributed by atoms with E-state index in [0.717, 1.165) is 51.7 Å². The number of aliphatic hydroxyl groups is 1. The van der Waals surface area contributed by atoms with E-state index in [1.807, 2.05) is 12.1 Å². The number of hydrogen-bond donors (Lipinski definition) is 1. The Balaban J connectivity index is 0.00000288. The summed E-state index contributed by atoms with van der Waals surface area (Å²) in [4.78, 5) is 2.47. The fourth-order valence-corrected chi connectivity index (χ4v) is 4.00. The lowest BCUT2D eigenvalue weighted by Gasteiger charge is -2.42. The molecule has 1 aromatic carbocycles. The van der Waals surface area contributed by atoms with Crippen molar-refractivity contribution in [3.63, 3.8) is 0 Å². The Morgan fingerprint density at radius 3 is 2.46 bits per heavy atom. The van der Waals surface area contributed by atoms with E-state index < -0.39 is 5.60 Å². The largest absolute Gasteiger partial charge is 0.389 e. The van der Waals surface area contributed by atoms with E-state index in [1.54, 1.807) is 6.07 Å². The van der Waals surface area contributed by atoms with Crippen LogP contribution in [0.3, 0.4) is 0 Å². The van der Waals surface area contributed by atoms with E-state index in [1.165, 1.54) is 12.5 Å². The molecule has 1 fully saturated rings. The molecule has 1 saturated carbocycles. The number of rotatable bonds is 8. The molecule has 0 radical (unpaired) electrons. The smallest absolute Gasteiger partial charge is 0.126 e. The highest BCUT2D eigenvalue weighted by molar-refractivity contribution is 5.85. The molecule has 138 valence electrons. The number of hydrogen-bond acceptors (Lipinski definition) is 2. The van der Waals surface area contributed by atoms with Crippen molar-refractivity contribution in [3.05, 3.63) is 35.6 Å². The summed E-state index contributed by atoms with van der Waals surface area (Å²) in [5.41, 5.74) is -0.111. The van der Waals surface area contributed by atoms with Crippen LogP contribution in [0.5, 0.6) is 0 Å². The molecule has 4 heteroatoms. The van der Waals surface area contributed by atoms with Gasteiger partial charge in [-0.2, -0.15) is 0 Å². The van der Waals surface area contributed by atoms with E-state index in [2.05, 4.69) is 18.7 Å². The molecule has 2 rings (SSSR count). The molecular weight excluding hydrogens is 325 g/mol. The van der Waals surface area contributed by atoms with Crippen molar-refractivity contribution in [2.45, 2.75) is 64.4 Å². The van der Waals surface area contributed by atoms with E-state index in [-0.39, 0.29) is 24.1 Å². The third-order valence-corrected chi connectivity index (χ3v) is 5.18. The fourth-order valence-electron chi connectivity index (χ4n) is 4.00. The first-order valence-electron chi connectivity index (χ1n) is 9.27. The maximum absolute atomic E-state index is 14.0. The molecule has 1 aromatic rings. The summed E-state index contributed by atoms with van der Waals surface area (Å²) in [6.45, 7) is 7.51. The molecule has 0 bridgehead atoms. The molecule has 0 amide bonds. The van der Waals surface area contributed by atoms with Gasteiger partial charge in [0.15, 0.2) is 0 Å². The van der Waals surface area contributed by atoms with Crippen LogP contribution in [-0.4, -0.2) is 35.2 Å². The summed E-state index contributed by atoms with van der Waals surface area (Å²) in [7, 11) is 0. The second-order valence-electron chi connectivity index (χ2n) is 7.12.